The molecule has 2 aromatic carbocycles. The van der Waals surface area contributed by atoms with Crippen molar-refractivity contribution in [1.82, 2.24) is 0 Å². The zero-order valence-corrected chi connectivity index (χ0v) is 13.3. The van der Waals surface area contributed by atoms with Crippen LogP contribution in [0.3, 0.4) is 0 Å². The second kappa shape index (κ2) is 5.71. The van der Waals surface area contributed by atoms with Crippen molar-refractivity contribution in [3.63, 3.8) is 0 Å². The number of hydrogen-bond acceptors (Lipinski definition) is 3. The molecule has 0 aliphatic carbocycles. The molecule has 2 aromatic rings. The molecule has 3 nitrogen and oxygen atoms in total. The molecule has 0 saturated heterocycles. The van der Waals surface area contributed by atoms with Gasteiger partial charge in [-0.05, 0) is 35.9 Å². The maximum Gasteiger partial charge on any atom is 0.185 e. The molecule has 0 unspecified atom stereocenters. The van der Waals surface area contributed by atoms with Crippen LogP contribution in [-0.2, 0) is 15.6 Å². The maximum absolute atomic E-state index is 13.7. The molecule has 0 fully saturated rings. The SMILES string of the molecule is Nc1ccc(S(=O)(=O)Cc2ccc(Br)cc2Cl)c(F)c1. The molecule has 0 radical (unpaired) electrons. The first-order valence-corrected chi connectivity index (χ1v) is 8.33. The van der Waals surface area contributed by atoms with Gasteiger partial charge in [-0.2, -0.15) is 0 Å². The Balaban J connectivity index is 2.41. The fourth-order valence-electron chi connectivity index (χ4n) is 1.69. The van der Waals surface area contributed by atoms with Gasteiger partial charge in [-0.15, -0.1) is 0 Å². The van der Waals surface area contributed by atoms with Crippen LogP contribution in [0.5, 0.6) is 0 Å². The van der Waals surface area contributed by atoms with Gasteiger partial charge in [-0.25, -0.2) is 12.8 Å². The van der Waals surface area contributed by atoms with E-state index in [2.05, 4.69) is 15.9 Å². The lowest BCUT2D eigenvalue weighted by Gasteiger charge is -2.08. The molecule has 0 aliphatic heterocycles. The topological polar surface area (TPSA) is 60.2 Å². The van der Waals surface area contributed by atoms with Crippen LogP contribution in [0.2, 0.25) is 5.02 Å². The van der Waals surface area contributed by atoms with Crippen LogP contribution in [0.1, 0.15) is 5.56 Å². The van der Waals surface area contributed by atoms with Gasteiger partial charge in [0.05, 0.1) is 5.75 Å². The van der Waals surface area contributed by atoms with E-state index in [0.717, 1.165) is 16.6 Å². The Bertz CT molecular complexity index is 765. The summed E-state index contributed by atoms with van der Waals surface area (Å²) in [6.07, 6.45) is 0. The predicted molar refractivity (Wildman–Crippen MR) is 80.9 cm³/mol. The summed E-state index contributed by atoms with van der Waals surface area (Å²) in [5, 5.41) is 0.304. The highest BCUT2D eigenvalue weighted by atomic mass is 79.9. The van der Waals surface area contributed by atoms with Crippen molar-refractivity contribution in [3.05, 3.63) is 57.3 Å². The van der Waals surface area contributed by atoms with Crippen LogP contribution < -0.4 is 5.73 Å². The van der Waals surface area contributed by atoms with Gasteiger partial charge in [0.25, 0.3) is 0 Å². The summed E-state index contributed by atoms with van der Waals surface area (Å²) >= 11 is 9.21. The average Bonchev–Trinajstić information content (AvgIpc) is 2.32. The Hall–Kier alpha value is -1.11. The van der Waals surface area contributed by atoms with Crippen LogP contribution in [0.25, 0.3) is 0 Å². The van der Waals surface area contributed by atoms with Gasteiger partial charge in [0.15, 0.2) is 9.84 Å². The largest absolute Gasteiger partial charge is 0.399 e. The van der Waals surface area contributed by atoms with E-state index in [9.17, 15) is 12.8 Å². The minimum Gasteiger partial charge on any atom is -0.399 e. The van der Waals surface area contributed by atoms with Crippen molar-refractivity contribution in [2.75, 3.05) is 5.73 Å². The Morgan fingerprint density at radius 1 is 1.20 bits per heavy atom. The summed E-state index contributed by atoms with van der Waals surface area (Å²) < 4.78 is 38.9. The van der Waals surface area contributed by atoms with E-state index in [0.29, 0.717) is 10.6 Å². The molecule has 0 atom stereocenters. The molecule has 2 N–H and O–H groups in total. The van der Waals surface area contributed by atoms with E-state index in [-0.39, 0.29) is 16.3 Å². The van der Waals surface area contributed by atoms with Gasteiger partial charge in [0.2, 0.25) is 0 Å². The molecule has 0 amide bonds. The predicted octanol–water partition coefficient (Wildman–Crippen LogP) is 3.80. The highest BCUT2D eigenvalue weighted by Crippen LogP contribution is 2.27. The first-order chi connectivity index (χ1) is 9.29. The highest BCUT2D eigenvalue weighted by Gasteiger charge is 2.21. The van der Waals surface area contributed by atoms with Gasteiger partial charge in [-0.3, -0.25) is 0 Å². The summed E-state index contributed by atoms with van der Waals surface area (Å²) in [7, 11) is -3.83. The Morgan fingerprint density at radius 3 is 2.50 bits per heavy atom. The van der Waals surface area contributed by atoms with E-state index >= 15 is 0 Å². The Labute approximate surface area is 129 Å². The third-order valence-corrected chi connectivity index (χ3v) is 5.19. The van der Waals surface area contributed by atoms with Crippen molar-refractivity contribution in [1.29, 1.82) is 0 Å². The van der Waals surface area contributed by atoms with Crippen LogP contribution in [-0.4, -0.2) is 8.42 Å². The smallest absolute Gasteiger partial charge is 0.185 e. The van der Waals surface area contributed by atoms with Crippen molar-refractivity contribution >= 4 is 43.1 Å². The molecular formula is C13H10BrClFNO2S. The minimum absolute atomic E-state index is 0.170. The fourth-order valence-corrected chi connectivity index (χ4v) is 3.96. The second-order valence-corrected chi connectivity index (χ2v) is 7.47. The van der Waals surface area contributed by atoms with Crippen LogP contribution in [0, 0.1) is 5.82 Å². The lowest BCUT2D eigenvalue weighted by molar-refractivity contribution is 0.567. The molecule has 20 heavy (non-hydrogen) atoms. The number of anilines is 1. The van der Waals surface area contributed by atoms with E-state index in [4.69, 9.17) is 17.3 Å². The molecule has 0 aliphatic rings. The Morgan fingerprint density at radius 2 is 1.90 bits per heavy atom. The van der Waals surface area contributed by atoms with E-state index < -0.39 is 15.7 Å². The fraction of sp³-hybridized carbons (Fsp3) is 0.0769. The normalized spacial score (nSPS) is 11.6. The first-order valence-electron chi connectivity index (χ1n) is 5.51. The maximum atomic E-state index is 13.7. The molecule has 0 bridgehead atoms. The monoisotopic (exact) mass is 377 g/mol. The first kappa shape index (κ1) is 15.3. The van der Waals surface area contributed by atoms with Gasteiger partial charge in [0, 0.05) is 15.2 Å². The van der Waals surface area contributed by atoms with Gasteiger partial charge in [0.1, 0.15) is 10.7 Å². The van der Waals surface area contributed by atoms with Crippen molar-refractivity contribution in [2.45, 2.75) is 10.6 Å². The van der Waals surface area contributed by atoms with Crippen molar-refractivity contribution in [2.24, 2.45) is 0 Å². The molecule has 2 rings (SSSR count). The van der Waals surface area contributed by atoms with Gasteiger partial charge in [-0.1, -0.05) is 33.6 Å². The molecule has 0 heterocycles. The van der Waals surface area contributed by atoms with Gasteiger partial charge < -0.3 is 5.73 Å². The molecular weight excluding hydrogens is 369 g/mol. The second-order valence-electron chi connectivity index (χ2n) is 4.18. The van der Waals surface area contributed by atoms with Crippen LogP contribution >= 0.6 is 27.5 Å². The third kappa shape index (κ3) is 3.31. The summed E-state index contributed by atoms with van der Waals surface area (Å²) in [5.74, 6) is -1.24. The molecule has 106 valence electrons. The summed E-state index contributed by atoms with van der Waals surface area (Å²) in [6, 6.07) is 8.34. The quantitative estimate of drug-likeness (QED) is 0.827. The molecule has 7 heteroatoms. The number of benzene rings is 2. The number of hydrogen-bond donors (Lipinski definition) is 1. The number of rotatable bonds is 3. The number of sulfone groups is 1. The van der Waals surface area contributed by atoms with E-state index in [1.807, 2.05) is 0 Å². The zero-order chi connectivity index (χ0) is 14.9. The third-order valence-electron chi connectivity index (χ3n) is 2.65. The molecule has 0 saturated carbocycles. The van der Waals surface area contributed by atoms with Crippen LogP contribution in [0.4, 0.5) is 10.1 Å². The highest BCUT2D eigenvalue weighted by molar-refractivity contribution is 9.10. The van der Waals surface area contributed by atoms with E-state index in [1.54, 1.807) is 18.2 Å². The van der Waals surface area contributed by atoms with Crippen molar-refractivity contribution in [3.8, 4) is 0 Å². The Kier molecular flexibility index (Phi) is 4.36. The van der Waals surface area contributed by atoms with Crippen LogP contribution in [0.15, 0.2) is 45.8 Å². The summed E-state index contributed by atoms with van der Waals surface area (Å²) in [5.41, 5.74) is 5.98. The lowest BCUT2D eigenvalue weighted by atomic mass is 10.2. The number of nitrogens with two attached hydrogens (primary N) is 1. The van der Waals surface area contributed by atoms with E-state index in [1.165, 1.54) is 6.07 Å². The molecule has 0 spiro atoms. The van der Waals surface area contributed by atoms with Crippen molar-refractivity contribution < 1.29 is 12.8 Å². The summed E-state index contributed by atoms with van der Waals surface area (Å²) in [4.78, 5) is -0.384. The minimum atomic E-state index is -3.83. The zero-order valence-electron chi connectivity index (χ0n) is 10.1. The lowest BCUT2D eigenvalue weighted by Crippen LogP contribution is -2.08. The number of nitrogen functional groups attached to an aromatic ring is 1. The number of halogens is 3. The average molecular weight is 379 g/mol. The molecule has 0 aromatic heterocycles. The standard InChI is InChI=1S/C13H10BrClFNO2S/c14-9-2-1-8(11(15)5-9)7-20(18,19)13-4-3-10(17)6-12(13)16/h1-6H,7,17H2. The van der Waals surface area contributed by atoms with Gasteiger partial charge >= 0.3 is 0 Å². The summed E-state index contributed by atoms with van der Waals surface area (Å²) in [6.45, 7) is 0.